The van der Waals surface area contributed by atoms with E-state index in [9.17, 15) is 9.59 Å². The van der Waals surface area contributed by atoms with Crippen molar-refractivity contribution < 1.29 is 14.3 Å². The van der Waals surface area contributed by atoms with Crippen molar-refractivity contribution in [1.82, 2.24) is 10.2 Å². The minimum atomic E-state index is -0.365. The van der Waals surface area contributed by atoms with Crippen LogP contribution in [0.1, 0.15) is 55.4 Å². The van der Waals surface area contributed by atoms with Crippen molar-refractivity contribution in [3.8, 4) is 0 Å². The lowest BCUT2D eigenvalue weighted by Gasteiger charge is -2.25. The van der Waals surface area contributed by atoms with Gasteiger partial charge in [-0.3, -0.25) is 10.1 Å². The maximum absolute atomic E-state index is 12.6. The van der Waals surface area contributed by atoms with E-state index in [1.54, 1.807) is 18.2 Å². The molecule has 0 fully saturated rings. The van der Waals surface area contributed by atoms with E-state index >= 15 is 0 Å². The number of hydrogen-bond acceptors (Lipinski definition) is 6. The van der Waals surface area contributed by atoms with Gasteiger partial charge in [0, 0.05) is 12.0 Å². The van der Waals surface area contributed by atoms with Crippen molar-refractivity contribution in [3.05, 3.63) is 75.3 Å². The van der Waals surface area contributed by atoms with Gasteiger partial charge in [-0.25, -0.2) is 4.79 Å². The molecule has 0 saturated heterocycles. The van der Waals surface area contributed by atoms with Gasteiger partial charge >= 0.3 is 5.97 Å². The zero-order chi connectivity index (χ0) is 19.7. The minimum absolute atomic E-state index is 0.271. The number of benzene rings is 2. The largest absolute Gasteiger partial charge is 0.454 e. The SMILES string of the molecule is CCc1nnc(NC(=O)c2ccc3c(c2)CC(c2ccc(C)cc2)OC3=O)s1. The summed E-state index contributed by atoms with van der Waals surface area (Å²) in [5.41, 5.74) is 3.88. The van der Waals surface area contributed by atoms with E-state index in [4.69, 9.17) is 4.74 Å². The Labute approximate surface area is 166 Å². The zero-order valence-electron chi connectivity index (χ0n) is 15.6. The molecule has 28 heavy (non-hydrogen) atoms. The molecule has 0 spiro atoms. The van der Waals surface area contributed by atoms with Crippen LogP contribution in [-0.4, -0.2) is 22.1 Å². The number of aromatic nitrogens is 2. The van der Waals surface area contributed by atoms with E-state index in [2.05, 4.69) is 15.5 Å². The molecule has 0 saturated carbocycles. The Morgan fingerprint density at radius 1 is 1.21 bits per heavy atom. The summed E-state index contributed by atoms with van der Waals surface area (Å²) in [7, 11) is 0. The Morgan fingerprint density at radius 2 is 2.00 bits per heavy atom. The van der Waals surface area contributed by atoms with Crippen molar-refractivity contribution in [2.45, 2.75) is 32.8 Å². The first-order chi connectivity index (χ1) is 13.5. The molecule has 142 valence electrons. The molecule has 3 aromatic rings. The second-order valence-corrected chi connectivity index (χ2v) is 7.75. The Balaban J connectivity index is 1.56. The van der Waals surface area contributed by atoms with Crippen LogP contribution >= 0.6 is 11.3 Å². The summed E-state index contributed by atoms with van der Waals surface area (Å²) in [4.78, 5) is 25.0. The molecule has 1 atom stereocenters. The first-order valence-electron chi connectivity index (χ1n) is 9.07. The van der Waals surface area contributed by atoms with E-state index in [1.807, 2.05) is 38.1 Å². The van der Waals surface area contributed by atoms with E-state index in [0.717, 1.165) is 28.1 Å². The number of amides is 1. The predicted molar refractivity (Wildman–Crippen MR) is 107 cm³/mol. The first kappa shape index (κ1) is 18.3. The maximum atomic E-state index is 12.6. The lowest BCUT2D eigenvalue weighted by atomic mass is 9.93. The van der Waals surface area contributed by atoms with Gasteiger partial charge in [0.25, 0.3) is 5.91 Å². The molecule has 1 N–H and O–H groups in total. The molecule has 2 heterocycles. The van der Waals surface area contributed by atoms with E-state index in [-0.39, 0.29) is 18.0 Å². The van der Waals surface area contributed by atoms with Gasteiger partial charge in [-0.1, -0.05) is 48.1 Å². The third-order valence-electron chi connectivity index (χ3n) is 4.68. The lowest BCUT2D eigenvalue weighted by Crippen LogP contribution is -2.23. The van der Waals surface area contributed by atoms with Crippen molar-refractivity contribution in [2.24, 2.45) is 0 Å². The van der Waals surface area contributed by atoms with Crippen LogP contribution in [0.3, 0.4) is 0 Å². The van der Waals surface area contributed by atoms with E-state index in [1.165, 1.54) is 11.3 Å². The number of carbonyl (C=O) groups is 2. The van der Waals surface area contributed by atoms with Crippen LogP contribution in [0.15, 0.2) is 42.5 Å². The van der Waals surface area contributed by atoms with Gasteiger partial charge in [0.05, 0.1) is 5.56 Å². The van der Waals surface area contributed by atoms with Crippen LogP contribution in [0.2, 0.25) is 0 Å². The summed E-state index contributed by atoms with van der Waals surface area (Å²) in [5.74, 6) is -0.636. The molecule has 1 aliphatic rings. The Bertz CT molecular complexity index is 1040. The molecular weight excluding hydrogens is 374 g/mol. The summed E-state index contributed by atoms with van der Waals surface area (Å²) in [6, 6.07) is 13.0. The van der Waals surface area contributed by atoms with E-state index in [0.29, 0.717) is 22.7 Å². The van der Waals surface area contributed by atoms with Gasteiger partial charge in [0.2, 0.25) is 5.13 Å². The number of nitrogens with zero attached hydrogens (tertiary/aromatic N) is 2. The Hall–Kier alpha value is -3.06. The smallest absolute Gasteiger partial charge is 0.339 e. The standard InChI is InChI=1S/C21H19N3O3S/c1-3-18-23-24-21(28-18)22-19(25)14-8-9-16-15(10-14)11-17(27-20(16)26)13-6-4-12(2)5-7-13/h4-10,17H,3,11H2,1-2H3,(H,22,24,25). The lowest BCUT2D eigenvalue weighted by molar-refractivity contribution is 0.0252. The van der Waals surface area contributed by atoms with Gasteiger partial charge in [0.1, 0.15) is 11.1 Å². The first-order valence-corrected chi connectivity index (χ1v) is 9.89. The average molecular weight is 393 g/mol. The number of ether oxygens (including phenoxy) is 1. The zero-order valence-corrected chi connectivity index (χ0v) is 16.4. The molecular formula is C21H19N3O3S. The minimum Gasteiger partial charge on any atom is -0.454 e. The number of fused-ring (bicyclic) bond motifs is 1. The molecule has 0 aliphatic carbocycles. The van der Waals surface area contributed by atoms with Crippen molar-refractivity contribution in [1.29, 1.82) is 0 Å². The highest BCUT2D eigenvalue weighted by molar-refractivity contribution is 7.15. The molecule has 4 rings (SSSR count). The third kappa shape index (κ3) is 3.66. The monoisotopic (exact) mass is 393 g/mol. The number of aryl methyl sites for hydroxylation is 2. The third-order valence-corrected chi connectivity index (χ3v) is 5.66. The Kier molecular flexibility index (Phi) is 4.92. The van der Waals surface area contributed by atoms with E-state index < -0.39 is 0 Å². The van der Waals surface area contributed by atoms with Crippen LogP contribution in [0, 0.1) is 6.92 Å². The number of hydrogen-bond donors (Lipinski definition) is 1. The van der Waals surface area contributed by atoms with Crippen molar-refractivity contribution in [2.75, 3.05) is 5.32 Å². The number of carbonyl (C=O) groups excluding carboxylic acids is 2. The summed E-state index contributed by atoms with van der Waals surface area (Å²) < 4.78 is 5.59. The van der Waals surface area contributed by atoms with Gasteiger partial charge in [0.15, 0.2) is 0 Å². The highest BCUT2D eigenvalue weighted by atomic mass is 32.1. The van der Waals surface area contributed by atoms with Crippen molar-refractivity contribution in [3.63, 3.8) is 0 Å². The van der Waals surface area contributed by atoms with Crippen molar-refractivity contribution >= 4 is 28.3 Å². The van der Waals surface area contributed by atoms with Crippen LogP contribution in [0.4, 0.5) is 5.13 Å². The fourth-order valence-corrected chi connectivity index (χ4v) is 3.79. The number of rotatable bonds is 4. The van der Waals surface area contributed by atoms with Crippen LogP contribution in [0.25, 0.3) is 0 Å². The summed E-state index contributed by atoms with van der Waals surface area (Å²) in [6.07, 6.45) is 0.952. The van der Waals surface area contributed by atoms with Gasteiger partial charge in [-0.15, -0.1) is 10.2 Å². The fourth-order valence-electron chi connectivity index (χ4n) is 3.12. The quantitative estimate of drug-likeness (QED) is 0.675. The average Bonchev–Trinajstić information content (AvgIpc) is 3.15. The van der Waals surface area contributed by atoms with Gasteiger partial charge in [-0.2, -0.15) is 0 Å². The molecule has 1 amide bonds. The topological polar surface area (TPSA) is 81.2 Å². The van der Waals surface area contributed by atoms with Gasteiger partial charge < -0.3 is 4.74 Å². The van der Waals surface area contributed by atoms with Crippen LogP contribution in [-0.2, 0) is 17.6 Å². The molecule has 0 bridgehead atoms. The number of esters is 1. The highest BCUT2D eigenvalue weighted by Crippen LogP contribution is 2.31. The normalized spacial score (nSPS) is 15.6. The fraction of sp³-hybridized carbons (Fsp3) is 0.238. The summed E-state index contributed by atoms with van der Waals surface area (Å²) >= 11 is 1.36. The molecule has 0 radical (unpaired) electrons. The molecule has 2 aromatic carbocycles. The molecule has 7 heteroatoms. The molecule has 1 aromatic heterocycles. The molecule has 1 aliphatic heterocycles. The molecule has 6 nitrogen and oxygen atoms in total. The maximum Gasteiger partial charge on any atom is 0.339 e. The summed E-state index contributed by atoms with van der Waals surface area (Å²) in [5, 5.41) is 12.1. The Morgan fingerprint density at radius 3 is 2.71 bits per heavy atom. The highest BCUT2D eigenvalue weighted by Gasteiger charge is 2.28. The van der Waals surface area contributed by atoms with Gasteiger partial charge in [-0.05, 0) is 42.7 Å². The number of cyclic esters (lactones) is 1. The number of anilines is 1. The second-order valence-electron chi connectivity index (χ2n) is 6.69. The summed E-state index contributed by atoms with van der Waals surface area (Å²) in [6.45, 7) is 4.00. The second kappa shape index (κ2) is 7.52. The molecule has 1 unspecified atom stereocenters. The number of nitrogens with one attached hydrogen (secondary N) is 1. The van der Waals surface area contributed by atoms with Crippen LogP contribution in [0.5, 0.6) is 0 Å². The van der Waals surface area contributed by atoms with Crippen LogP contribution < -0.4 is 5.32 Å². The predicted octanol–water partition coefficient (Wildman–Crippen LogP) is 4.12.